The van der Waals surface area contributed by atoms with Crippen LogP contribution in [-0.4, -0.2) is 22.7 Å². The van der Waals surface area contributed by atoms with Gasteiger partial charge in [0.15, 0.2) is 11.5 Å². The highest BCUT2D eigenvalue weighted by Crippen LogP contribution is 2.26. The first kappa shape index (κ1) is 15.6. The zero-order valence-corrected chi connectivity index (χ0v) is 12.3. The molecule has 1 heterocycles. The largest absolute Gasteiger partial charge is 0.504 e. The van der Waals surface area contributed by atoms with Gasteiger partial charge in [-0.1, -0.05) is 12.1 Å². The normalized spacial score (nSPS) is 10.2. The maximum Gasteiger partial charge on any atom is 0.250 e. The topological polar surface area (TPSA) is 80.6 Å². The van der Waals surface area contributed by atoms with Gasteiger partial charge < -0.3 is 19.7 Å². The molecule has 0 radical (unpaired) electrons. The summed E-state index contributed by atoms with van der Waals surface area (Å²) in [5.41, 5.74) is 0.693. The molecule has 0 fully saturated rings. The van der Waals surface area contributed by atoms with Crippen LogP contribution in [0.25, 0.3) is 0 Å². The summed E-state index contributed by atoms with van der Waals surface area (Å²) < 4.78 is 6.50. The van der Waals surface area contributed by atoms with Crippen molar-refractivity contribution in [2.45, 2.75) is 19.5 Å². The first-order valence-electron chi connectivity index (χ1n) is 6.88. The second-order valence-corrected chi connectivity index (χ2v) is 4.77. The molecule has 0 atom stereocenters. The van der Waals surface area contributed by atoms with Gasteiger partial charge >= 0.3 is 0 Å². The van der Waals surface area contributed by atoms with Gasteiger partial charge in [0.05, 0.1) is 7.11 Å². The number of benzene rings is 1. The average Bonchev–Trinajstić information content (AvgIpc) is 2.53. The molecule has 0 saturated carbocycles. The molecular formula is C16H18N2O4. The number of aryl methyl sites for hydroxylation is 1. The molecule has 2 N–H and O–H groups in total. The van der Waals surface area contributed by atoms with Crippen molar-refractivity contribution in [3.63, 3.8) is 0 Å². The number of phenolic OH excluding ortho intramolecular Hbond substituents is 1. The van der Waals surface area contributed by atoms with E-state index in [0.717, 1.165) is 5.56 Å². The minimum absolute atomic E-state index is 0.0565. The second kappa shape index (κ2) is 7.31. The van der Waals surface area contributed by atoms with Gasteiger partial charge in [0.2, 0.25) is 5.91 Å². The monoisotopic (exact) mass is 302 g/mol. The van der Waals surface area contributed by atoms with Crippen LogP contribution in [0.1, 0.15) is 12.0 Å². The predicted octanol–water partition coefficient (Wildman–Crippen LogP) is 1.27. The zero-order valence-electron chi connectivity index (χ0n) is 12.3. The van der Waals surface area contributed by atoms with Gasteiger partial charge in [-0.25, -0.2) is 0 Å². The molecule has 116 valence electrons. The Hall–Kier alpha value is -2.76. The van der Waals surface area contributed by atoms with Crippen molar-refractivity contribution in [1.82, 2.24) is 9.88 Å². The summed E-state index contributed by atoms with van der Waals surface area (Å²) in [6.45, 7) is 0.670. The third-order valence-corrected chi connectivity index (χ3v) is 3.21. The van der Waals surface area contributed by atoms with Crippen LogP contribution in [0.3, 0.4) is 0 Å². The number of carbonyl (C=O) groups is 1. The summed E-state index contributed by atoms with van der Waals surface area (Å²) in [4.78, 5) is 23.3. The third kappa shape index (κ3) is 4.12. The Labute approximate surface area is 128 Å². The summed E-state index contributed by atoms with van der Waals surface area (Å²) in [5.74, 6) is 0.270. The molecule has 0 aliphatic heterocycles. The molecule has 1 amide bonds. The van der Waals surface area contributed by atoms with Gasteiger partial charge in [0.1, 0.15) is 0 Å². The molecule has 22 heavy (non-hydrogen) atoms. The smallest absolute Gasteiger partial charge is 0.250 e. The van der Waals surface area contributed by atoms with Crippen LogP contribution in [0, 0.1) is 0 Å². The Balaban J connectivity index is 1.85. The fourth-order valence-corrected chi connectivity index (χ4v) is 1.99. The number of aromatic hydroxyl groups is 1. The quantitative estimate of drug-likeness (QED) is 0.842. The number of phenols is 1. The maximum atomic E-state index is 11.8. The van der Waals surface area contributed by atoms with E-state index in [1.54, 1.807) is 30.5 Å². The molecule has 0 aliphatic carbocycles. The number of rotatable bonds is 6. The molecule has 0 unspecified atom stereocenters. The molecule has 1 aromatic heterocycles. The summed E-state index contributed by atoms with van der Waals surface area (Å²) in [5, 5.41) is 12.3. The van der Waals surface area contributed by atoms with E-state index in [-0.39, 0.29) is 23.6 Å². The van der Waals surface area contributed by atoms with Crippen molar-refractivity contribution >= 4 is 5.91 Å². The molecule has 2 rings (SSSR count). The fraction of sp³-hybridized carbons (Fsp3) is 0.250. The number of nitrogens with one attached hydrogen (secondary N) is 1. The SMILES string of the molecule is COc1cc(CNC(=O)CCn2ccccc2=O)ccc1O. The minimum atomic E-state index is -0.150. The van der Waals surface area contributed by atoms with Crippen molar-refractivity contribution in [2.75, 3.05) is 7.11 Å². The molecule has 0 spiro atoms. The van der Waals surface area contributed by atoms with Crippen LogP contribution in [-0.2, 0) is 17.9 Å². The van der Waals surface area contributed by atoms with Crippen LogP contribution < -0.4 is 15.6 Å². The van der Waals surface area contributed by atoms with Gasteiger partial charge in [0.25, 0.3) is 5.56 Å². The average molecular weight is 302 g/mol. The maximum absolute atomic E-state index is 11.8. The van der Waals surface area contributed by atoms with E-state index in [9.17, 15) is 14.7 Å². The van der Waals surface area contributed by atoms with Crippen LogP contribution >= 0.6 is 0 Å². The number of nitrogens with zero attached hydrogens (tertiary/aromatic N) is 1. The fourth-order valence-electron chi connectivity index (χ4n) is 1.99. The molecule has 2 aromatic rings. The van der Waals surface area contributed by atoms with E-state index in [0.29, 0.717) is 18.8 Å². The molecule has 1 aromatic carbocycles. The summed E-state index contributed by atoms with van der Waals surface area (Å²) in [7, 11) is 1.47. The minimum Gasteiger partial charge on any atom is -0.504 e. The summed E-state index contributed by atoms with van der Waals surface area (Å²) >= 11 is 0. The van der Waals surface area contributed by atoms with Crippen molar-refractivity contribution in [3.8, 4) is 11.5 Å². The van der Waals surface area contributed by atoms with Crippen molar-refractivity contribution in [2.24, 2.45) is 0 Å². The van der Waals surface area contributed by atoms with Gasteiger partial charge in [-0.15, -0.1) is 0 Å². The van der Waals surface area contributed by atoms with Crippen molar-refractivity contribution in [1.29, 1.82) is 0 Å². The number of hydrogen-bond acceptors (Lipinski definition) is 4. The number of pyridine rings is 1. The number of aromatic nitrogens is 1. The van der Waals surface area contributed by atoms with Gasteiger partial charge in [-0.3, -0.25) is 9.59 Å². The number of hydrogen-bond donors (Lipinski definition) is 2. The lowest BCUT2D eigenvalue weighted by Crippen LogP contribution is -2.26. The first-order valence-corrected chi connectivity index (χ1v) is 6.88. The standard InChI is InChI=1S/C16H18N2O4/c1-22-14-10-12(5-6-13(14)19)11-17-15(20)7-9-18-8-3-2-4-16(18)21/h2-6,8,10,19H,7,9,11H2,1H3,(H,17,20). The van der Waals surface area contributed by atoms with E-state index in [2.05, 4.69) is 5.32 Å². The van der Waals surface area contributed by atoms with Gasteiger partial charge in [-0.05, 0) is 23.8 Å². The number of methoxy groups -OCH3 is 1. The molecule has 6 nitrogen and oxygen atoms in total. The first-order chi connectivity index (χ1) is 10.6. The summed E-state index contributed by atoms with van der Waals surface area (Å²) in [6, 6.07) is 9.76. The highest BCUT2D eigenvalue weighted by molar-refractivity contribution is 5.75. The Bertz CT molecular complexity index is 709. The molecule has 0 bridgehead atoms. The third-order valence-electron chi connectivity index (χ3n) is 3.21. The van der Waals surface area contributed by atoms with Crippen LogP contribution in [0.15, 0.2) is 47.4 Å². The highest BCUT2D eigenvalue weighted by Gasteiger charge is 2.05. The molecule has 0 saturated heterocycles. The van der Waals surface area contributed by atoms with Crippen LogP contribution in [0.4, 0.5) is 0 Å². The lowest BCUT2D eigenvalue weighted by atomic mass is 10.2. The zero-order chi connectivity index (χ0) is 15.9. The van der Waals surface area contributed by atoms with E-state index >= 15 is 0 Å². The molecular weight excluding hydrogens is 284 g/mol. The van der Waals surface area contributed by atoms with Crippen LogP contribution in [0.5, 0.6) is 11.5 Å². The lowest BCUT2D eigenvalue weighted by Gasteiger charge is -2.09. The van der Waals surface area contributed by atoms with Crippen molar-refractivity contribution in [3.05, 3.63) is 58.5 Å². The second-order valence-electron chi connectivity index (χ2n) is 4.77. The van der Waals surface area contributed by atoms with E-state index in [1.165, 1.54) is 23.8 Å². The predicted molar refractivity (Wildman–Crippen MR) is 81.8 cm³/mol. The van der Waals surface area contributed by atoms with E-state index in [1.807, 2.05) is 0 Å². The number of amides is 1. The summed E-state index contributed by atoms with van der Waals surface area (Å²) in [6.07, 6.45) is 1.87. The Morgan fingerprint density at radius 3 is 2.86 bits per heavy atom. The van der Waals surface area contributed by atoms with Crippen LogP contribution in [0.2, 0.25) is 0 Å². The van der Waals surface area contributed by atoms with Gasteiger partial charge in [0, 0.05) is 31.8 Å². The highest BCUT2D eigenvalue weighted by atomic mass is 16.5. The Morgan fingerprint density at radius 1 is 1.32 bits per heavy atom. The van der Waals surface area contributed by atoms with Crippen molar-refractivity contribution < 1.29 is 14.6 Å². The number of ether oxygens (including phenoxy) is 1. The lowest BCUT2D eigenvalue weighted by molar-refractivity contribution is -0.121. The van der Waals surface area contributed by atoms with E-state index in [4.69, 9.17) is 4.74 Å². The molecule has 6 heteroatoms. The Kier molecular flexibility index (Phi) is 5.19. The molecule has 0 aliphatic rings. The van der Waals surface area contributed by atoms with Gasteiger partial charge in [-0.2, -0.15) is 0 Å². The Morgan fingerprint density at radius 2 is 2.14 bits per heavy atom. The number of carbonyl (C=O) groups excluding carboxylic acids is 1. The van der Waals surface area contributed by atoms with E-state index < -0.39 is 0 Å².